The number of ether oxygens (including phenoxy) is 2. The van der Waals surface area contributed by atoms with E-state index in [1.165, 1.54) is 24.0 Å². The van der Waals surface area contributed by atoms with Crippen LogP contribution in [0.5, 0.6) is 5.75 Å². The SMILES string of the molecule is COc1ccc(CN(C)C[C@H](O)COCC2=CC[C@H]3C[C@H]2C3(C)C)cc1. The van der Waals surface area contributed by atoms with Gasteiger partial charge in [0.05, 0.1) is 26.4 Å². The predicted octanol–water partition coefficient (Wildman–Crippen LogP) is 3.50. The van der Waals surface area contributed by atoms with Crippen LogP contribution in [0, 0.1) is 17.3 Å². The molecule has 1 fully saturated rings. The van der Waals surface area contributed by atoms with Crippen LogP contribution in [0.3, 0.4) is 0 Å². The number of aliphatic hydroxyl groups excluding tert-OH is 1. The summed E-state index contributed by atoms with van der Waals surface area (Å²) in [7, 11) is 3.69. The molecule has 0 saturated heterocycles. The fourth-order valence-electron chi connectivity index (χ4n) is 4.47. The average Bonchev–Trinajstić information content (AvgIpc) is 2.62. The molecule has 4 heteroatoms. The summed E-state index contributed by atoms with van der Waals surface area (Å²) < 4.78 is 11.0. The Bertz CT molecular complexity index is 623. The Labute approximate surface area is 157 Å². The summed E-state index contributed by atoms with van der Waals surface area (Å²) in [6.07, 6.45) is 4.40. The number of hydrogen-bond acceptors (Lipinski definition) is 4. The standard InChI is InChI=1S/C22H33NO3/c1-22(2)18-8-7-17(21(22)11-18)14-26-15-19(24)13-23(3)12-16-5-9-20(25-4)10-6-16/h5-7,9-10,18-19,21,24H,8,11-15H2,1-4H3/t18-,19-,21+/m0/s1. The highest BCUT2D eigenvalue weighted by Crippen LogP contribution is 2.59. The highest BCUT2D eigenvalue weighted by Gasteiger charge is 2.50. The van der Waals surface area contributed by atoms with Gasteiger partial charge in [0.1, 0.15) is 5.75 Å². The Morgan fingerprint density at radius 2 is 2.00 bits per heavy atom. The number of likely N-dealkylation sites (N-methyl/N-ethyl adjacent to an activating group) is 1. The average molecular weight is 360 g/mol. The first-order valence-corrected chi connectivity index (χ1v) is 9.66. The molecular weight excluding hydrogens is 326 g/mol. The van der Waals surface area contributed by atoms with E-state index in [9.17, 15) is 5.11 Å². The summed E-state index contributed by atoms with van der Waals surface area (Å²) in [6, 6.07) is 8.04. The highest BCUT2D eigenvalue weighted by molar-refractivity contribution is 5.27. The summed E-state index contributed by atoms with van der Waals surface area (Å²) in [4.78, 5) is 2.12. The minimum absolute atomic E-state index is 0.390. The second kappa shape index (κ2) is 8.12. The van der Waals surface area contributed by atoms with E-state index in [1.807, 2.05) is 19.2 Å². The van der Waals surface area contributed by atoms with Crippen LogP contribution in [0.1, 0.15) is 32.3 Å². The molecular formula is C22H33NO3. The quantitative estimate of drug-likeness (QED) is 0.685. The van der Waals surface area contributed by atoms with Crippen LogP contribution in [-0.4, -0.2) is 50.0 Å². The smallest absolute Gasteiger partial charge is 0.118 e. The highest BCUT2D eigenvalue weighted by atomic mass is 16.5. The van der Waals surface area contributed by atoms with Gasteiger partial charge in [0, 0.05) is 13.1 Å². The van der Waals surface area contributed by atoms with Crippen molar-refractivity contribution in [3.05, 3.63) is 41.5 Å². The van der Waals surface area contributed by atoms with Crippen molar-refractivity contribution in [2.45, 2.75) is 39.3 Å². The second-order valence-electron chi connectivity index (χ2n) is 8.54. The van der Waals surface area contributed by atoms with Crippen molar-refractivity contribution in [1.82, 2.24) is 4.90 Å². The molecule has 1 aromatic carbocycles. The minimum atomic E-state index is -0.468. The summed E-state index contributed by atoms with van der Waals surface area (Å²) in [5, 5.41) is 10.3. The van der Waals surface area contributed by atoms with Gasteiger partial charge >= 0.3 is 0 Å². The minimum Gasteiger partial charge on any atom is -0.497 e. The first-order chi connectivity index (χ1) is 12.4. The molecule has 1 N–H and O–H groups in total. The molecule has 1 aromatic rings. The van der Waals surface area contributed by atoms with Gasteiger partial charge in [0.15, 0.2) is 0 Å². The number of benzene rings is 1. The van der Waals surface area contributed by atoms with E-state index >= 15 is 0 Å². The fourth-order valence-corrected chi connectivity index (χ4v) is 4.47. The Morgan fingerprint density at radius 3 is 2.62 bits per heavy atom. The van der Waals surface area contributed by atoms with Crippen LogP contribution in [-0.2, 0) is 11.3 Å². The zero-order valence-corrected chi connectivity index (χ0v) is 16.6. The van der Waals surface area contributed by atoms with E-state index < -0.39 is 6.10 Å². The molecule has 0 radical (unpaired) electrons. The molecule has 0 aliphatic heterocycles. The van der Waals surface area contributed by atoms with Gasteiger partial charge in [-0.15, -0.1) is 0 Å². The predicted molar refractivity (Wildman–Crippen MR) is 104 cm³/mol. The van der Waals surface area contributed by atoms with E-state index in [1.54, 1.807) is 7.11 Å². The summed E-state index contributed by atoms with van der Waals surface area (Å²) in [5.41, 5.74) is 3.08. The van der Waals surface area contributed by atoms with Crippen molar-refractivity contribution < 1.29 is 14.6 Å². The summed E-state index contributed by atoms with van der Waals surface area (Å²) in [6.45, 7) is 7.20. The van der Waals surface area contributed by atoms with Crippen molar-refractivity contribution in [3.63, 3.8) is 0 Å². The third-order valence-electron chi connectivity index (χ3n) is 6.30. The zero-order valence-electron chi connectivity index (χ0n) is 16.6. The van der Waals surface area contributed by atoms with E-state index in [-0.39, 0.29) is 0 Å². The van der Waals surface area contributed by atoms with Gasteiger partial charge in [-0.2, -0.15) is 0 Å². The number of hydrogen-bond donors (Lipinski definition) is 1. The number of fused-ring (bicyclic) bond motifs is 1. The maximum atomic E-state index is 10.3. The Hall–Kier alpha value is -1.36. The lowest BCUT2D eigenvalue weighted by Crippen LogP contribution is -2.48. The second-order valence-corrected chi connectivity index (χ2v) is 8.54. The number of nitrogens with zero attached hydrogens (tertiary/aromatic N) is 1. The topological polar surface area (TPSA) is 41.9 Å². The normalized spacial score (nSPS) is 24.8. The monoisotopic (exact) mass is 359 g/mol. The van der Waals surface area contributed by atoms with Crippen molar-refractivity contribution in [1.29, 1.82) is 0 Å². The molecule has 0 unspecified atom stereocenters. The lowest BCUT2D eigenvalue weighted by molar-refractivity contribution is -0.0257. The van der Waals surface area contributed by atoms with Gasteiger partial charge < -0.3 is 14.6 Å². The number of allylic oxidation sites excluding steroid dienone is 1. The first-order valence-electron chi connectivity index (χ1n) is 9.66. The van der Waals surface area contributed by atoms with Gasteiger partial charge in [-0.1, -0.05) is 32.1 Å². The molecule has 2 bridgehead atoms. The van der Waals surface area contributed by atoms with Crippen LogP contribution in [0.2, 0.25) is 0 Å². The first kappa shape index (κ1) is 19.4. The molecule has 0 heterocycles. The van der Waals surface area contributed by atoms with Gasteiger partial charge in [0.25, 0.3) is 0 Å². The molecule has 0 spiro atoms. The number of aliphatic hydroxyl groups is 1. The van der Waals surface area contributed by atoms with Gasteiger partial charge in [-0.25, -0.2) is 0 Å². The van der Waals surface area contributed by atoms with Gasteiger partial charge in [-0.05, 0) is 60.4 Å². The summed E-state index contributed by atoms with van der Waals surface area (Å²) in [5.74, 6) is 2.40. The van der Waals surface area contributed by atoms with E-state index in [4.69, 9.17) is 9.47 Å². The molecule has 1 saturated carbocycles. The van der Waals surface area contributed by atoms with Crippen molar-refractivity contribution >= 4 is 0 Å². The lowest BCUT2D eigenvalue weighted by atomic mass is 9.49. The van der Waals surface area contributed by atoms with Crippen molar-refractivity contribution in [2.75, 3.05) is 33.9 Å². The molecule has 0 amide bonds. The van der Waals surface area contributed by atoms with Gasteiger partial charge in [0.2, 0.25) is 0 Å². The van der Waals surface area contributed by atoms with Crippen LogP contribution < -0.4 is 4.74 Å². The molecule has 3 aliphatic rings. The van der Waals surface area contributed by atoms with Crippen molar-refractivity contribution in [2.24, 2.45) is 17.3 Å². The summed E-state index contributed by atoms with van der Waals surface area (Å²) >= 11 is 0. The largest absolute Gasteiger partial charge is 0.497 e. The van der Waals surface area contributed by atoms with Crippen LogP contribution in [0.25, 0.3) is 0 Å². The number of rotatable bonds is 9. The third kappa shape index (κ3) is 4.30. The van der Waals surface area contributed by atoms with Crippen LogP contribution in [0.15, 0.2) is 35.9 Å². The van der Waals surface area contributed by atoms with Crippen molar-refractivity contribution in [3.8, 4) is 5.75 Å². The molecule has 4 nitrogen and oxygen atoms in total. The maximum absolute atomic E-state index is 10.3. The molecule has 3 aliphatic carbocycles. The fraction of sp³-hybridized carbons (Fsp3) is 0.636. The maximum Gasteiger partial charge on any atom is 0.118 e. The molecule has 26 heavy (non-hydrogen) atoms. The van der Waals surface area contributed by atoms with E-state index in [2.05, 4.69) is 37.0 Å². The molecule has 144 valence electrons. The zero-order chi connectivity index (χ0) is 18.7. The lowest BCUT2D eigenvalue weighted by Gasteiger charge is -2.56. The molecule has 4 rings (SSSR count). The Balaban J connectivity index is 1.37. The third-order valence-corrected chi connectivity index (χ3v) is 6.30. The Kier molecular flexibility index (Phi) is 6.06. The molecule has 3 atom stereocenters. The van der Waals surface area contributed by atoms with Crippen LogP contribution >= 0.6 is 0 Å². The number of methoxy groups -OCH3 is 1. The molecule has 0 aromatic heterocycles. The Morgan fingerprint density at radius 1 is 1.27 bits per heavy atom. The van der Waals surface area contributed by atoms with Gasteiger partial charge in [-0.3, -0.25) is 4.90 Å². The van der Waals surface area contributed by atoms with E-state index in [0.717, 1.165) is 18.2 Å². The van der Waals surface area contributed by atoms with E-state index in [0.29, 0.717) is 31.1 Å². The van der Waals surface area contributed by atoms with Crippen LogP contribution in [0.4, 0.5) is 0 Å².